The highest BCUT2D eigenvalue weighted by Crippen LogP contribution is 2.38. The van der Waals surface area contributed by atoms with Gasteiger partial charge in [-0.15, -0.1) is 0 Å². The molecule has 1 fully saturated rings. The van der Waals surface area contributed by atoms with Crippen LogP contribution in [-0.4, -0.2) is 0 Å². The van der Waals surface area contributed by atoms with Crippen molar-refractivity contribution in [3.05, 3.63) is 93.5 Å². The van der Waals surface area contributed by atoms with Gasteiger partial charge < -0.3 is 0 Å². The van der Waals surface area contributed by atoms with Crippen LogP contribution in [0.25, 0.3) is 11.1 Å². The summed E-state index contributed by atoms with van der Waals surface area (Å²) in [7, 11) is 0. The molecule has 0 amide bonds. The van der Waals surface area contributed by atoms with Crippen LogP contribution in [0.3, 0.4) is 0 Å². The van der Waals surface area contributed by atoms with Crippen LogP contribution in [0.2, 0.25) is 5.02 Å². The molecule has 34 heavy (non-hydrogen) atoms. The van der Waals surface area contributed by atoms with E-state index >= 15 is 4.39 Å². The highest BCUT2D eigenvalue weighted by atomic mass is 35.5. The summed E-state index contributed by atoms with van der Waals surface area (Å²) < 4.78 is 55.2. The van der Waals surface area contributed by atoms with Crippen molar-refractivity contribution < 1.29 is 17.6 Å². The highest BCUT2D eigenvalue weighted by molar-refractivity contribution is 6.31. The van der Waals surface area contributed by atoms with Crippen LogP contribution in [0.4, 0.5) is 17.6 Å². The topological polar surface area (TPSA) is 0 Å². The molecular weight excluding hydrogens is 460 g/mol. The lowest BCUT2D eigenvalue weighted by Gasteiger charge is -2.28. The van der Waals surface area contributed by atoms with E-state index in [4.69, 9.17) is 11.6 Å². The van der Waals surface area contributed by atoms with Crippen LogP contribution < -0.4 is 0 Å². The van der Waals surface area contributed by atoms with Crippen LogP contribution in [-0.2, 0) is 12.8 Å². The van der Waals surface area contributed by atoms with Gasteiger partial charge in [-0.05, 0) is 84.7 Å². The summed E-state index contributed by atoms with van der Waals surface area (Å²) in [4.78, 5) is 0. The number of benzene rings is 3. The first-order valence-electron chi connectivity index (χ1n) is 12.1. The summed E-state index contributed by atoms with van der Waals surface area (Å²) in [6.45, 7) is 2.25. The second kappa shape index (κ2) is 10.9. The molecule has 0 nitrogen and oxygen atoms in total. The van der Waals surface area contributed by atoms with Crippen molar-refractivity contribution in [1.82, 2.24) is 0 Å². The molecule has 0 spiro atoms. The van der Waals surface area contributed by atoms with Crippen LogP contribution in [0.15, 0.2) is 48.5 Å². The fourth-order valence-electron chi connectivity index (χ4n) is 5.16. The third-order valence-corrected chi connectivity index (χ3v) is 7.53. The van der Waals surface area contributed by atoms with Gasteiger partial charge in [-0.2, -0.15) is 0 Å². The van der Waals surface area contributed by atoms with Crippen LogP contribution in [0.1, 0.15) is 68.1 Å². The van der Waals surface area contributed by atoms with E-state index in [1.165, 1.54) is 44.1 Å². The van der Waals surface area contributed by atoms with Crippen LogP contribution in [0, 0.1) is 29.2 Å². The van der Waals surface area contributed by atoms with Crippen molar-refractivity contribution in [2.75, 3.05) is 0 Å². The average Bonchev–Trinajstić information content (AvgIpc) is 2.84. The molecule has 0 aliphatic heterocycles. The Bertz CT molecular complexity index is 1110. The zero-order valence-corrected chi connectivity index (χ0v) is 20.1. The minimum Gasteiger partial charge on any atom is -0.205 e. The van der Waals surface area contributed by atoms with E-state index < -0.39 is 23.3 Å². The molecule has 0 radical (unpaired) electrons. The Morgan fingerprint density at radius 3 is 2.06 bits per heavy atom. The number of halogens is 5. The van der Waals surface area contributed by atoms with Crippen molar-refractivity contribution in [2.24, 2.45) is 5.92 Å². The van der Waals surface area contributed by atoms with Gasteiger partial charge in [0.15, 0.2) is 17.5 Å². The Morgan fingerprint density at radius 1 is 0.794 bits per heavy atom. The molecule has 4 rings (SSSR count). The van der Waals surface area contributed by atoms with Gasteiger partial charge in [0.1, 0.15) is 5.82 Å². The molecule has 1 aliphatic carbocycles. The number of aryl methyl sites for hydroxylation is 2. The van der Waals surface area contributed by atoms with Crippen molar-refractivity contribution in [3.8, 4) is 11.1 Å². The lowest BCUT2D eigenvalue weighted by Crippen LogP contribution is -2.13. The predicted molar refractivity (Wildman–Crippen MR) is 130 cm³/mol. The Hall–Kier alpha value is -2.33. The Kier molecular flexibility index (Phi) is 7.98. The molecule has 3 aromatic carbocycles. The molecule has 0 unspecified atom stereocenters. The minimum atomic E-state index is -1.49. The monoisotopic (exact) mass is 488 g/mol. The van der Waals surface area contributed by atoms with E-state index in [0.717, 1.165) is 23.6 Å². The van der Waals surface area contributed by atoms with E-state index in [-0.39, 0.29) is 23.4 Å². The maximum Gasteiger partial charge on any atom is 0.194 e. The van der Waals surface area contributed by atoms with Crippen molar-refractivity contribution in [1.29, 1.82) is 0 Å². The van der Waals surface area contributed by atoms with Gasteiger partial charge in [-0.1, -0.05) is 67.8 Å². The molecule has 3 aromatic rings. The quantitative estimate of drug-likeness (QED) is 0.229. The van der Waals surface area contributed by atoms with E-state index in [1.54, 1.807) is 12.1 Å². The molecule has 0 saturated heterocycles. The molecule has 0 N–H and O–H groups in total. The summed E-state index contributed by atoms with van der Waals surface area (Å²) in [6, 6.07) is 13.4. The smallest absolute Gasteiger partial charge is 0.194 e. The van der Waals surface area contributed by atoms with Crippen molar-refractivity contribution in [2.45, 2.75) is 64.2 Å². The highest BCUT2D eigenvalue weighted by Gasteiger charge is 2.22. The normalized spacial score (nSPS) is 18.3. The van der Waals surface area contributed by atoms with Gasteiger partial charge in [-0.25, -0.2) is 17.6 Å². The molecule has 0 heterocycles. The fraction of sp³-hybridized carbons (Fsp3) is 0.379. The van der Waals surface area contributed by atoms with Crippen LogP contribution in [0.5, 0.6) is 0 Å². The third kappa shape index (κ3) is 5.49. The molecular formula is C29H29ClF4. The summed E-state index contributed by atoms with van der Waals surface area (Å²) >= 11 is 6.31. The van der Waals surface area contributed by atoms with Gasteiger partial charge in [0, 0.05) is 5.56 Å². The van der Waals surface area contributed by atoms with Gasteiger partial charge >= 0.3 is 0 Å². The van der Waals surface area contributed by atoms with Gasteiger partial charge in [-0.3, -0.25) is 0 Å². The van der Waals surface area contributed by atoms with Gasteiger partial charge in [0.05, 0.1) is 5.02 Å². The Balaban J connectivity index is 1.44. The second-order valence-corrected chi connectivity index (χ2v) is 9.78. The summed E-state index contributed by atoms with van der Waals surface area (Å²) in [6.07, 6.45) is 8.04. The Labute approximate surface area is 204 Å². The maximum absolute atomic E-state index is 15.1. The van der Waals surface area contributed by atoms with Gasteiger partial charge in [0.2, 0.25) is 0 Å². The standard InChI is InChI=1S/C29H29ClF4/c1-2-3-18-4-7-20(8-5-18)21-10-12-22(13-11-21)24-15-14-23(27(30)28(24)33)9-6-19-16-25(31)29(34)26(32)17-19/h10-18,20H,2-9H2,1H3. The number of rotatable bonds is 7. The Morgan fingerprint density at radius 2 is 1.44 bits per heavy atom. The number of hydrogen-bond donors (Lipinski definition) is 0. The lowest BCUT2D eigenvalue weighted by molar-refractivity contribution is 0.308. The second-order valence-electron chi connectivity index (χ2n) is 9.40. The SMILES string of the molecule is CCCC1CCC(c2ccc(-c3ccc(CCc4cc(F)c(F)c(F)c4)c(Cl)c3F)cc2)CC1. The zero-order chi connectivity index (χ0) is 24.2. The minimum absolute atomic E-state index is 0.00104. The first-order valence-corrected chi connectivity index (χ1v) is 12.5. The van der Waals surface area contributed by atoms with Crippen LogP contribution >= 0.6 is 11.6 Å². The third-order valence-electron chi connectivity index (χ3n) is 7.13. The molecule has 1 saturated carbocycles. The largest absolute Gasteiger partial charge is 0.205 e. The van der Waals surface area contributed by atoms with E-state index in [0.29, 0.717) is 17.0 Å². The first-order chi connectivity index (χ1) is 16.4. The zero-order valence-electron chi connectivity index (χ0n) is 19.3. The summed E-state index contributed by atoms with van der Waals surface area (Å²) in [5, 5.41) is -0.00104. The molecule has 1 aliphatic rings. The maximum atomic E-state index is 15.1. The average molecular weight is 489 g/mol. The van der Waals surface area contributed by atoms with E-state index in [2.05, 4.69) is 19.1 Å². The van der Waals surface area contributed by atoms with E-state index in [9.17, 15) is 13.2 Å². The van der Waals surface area contributed by atoms with Gasteiger partial charge in [0.25, 0.3) is 0 Å². The molecule has 0 atom stereocenters. The predicted octanol–water partition coefficient (Wildman–Crippen LogP) is 9.42. The van der Waals surface area contributed by atoms with Crippen molar-refractivity contribution in [3.63, 3.8) is 0 Å². The summed E-state index contributed by atoms with van der Waals surface area (Å²) in [5.74, 6) is -3.05. The van der Waals surface area contributed by atoms with E-state index in [1.807, 2.05) is 12.1 Å². The molecule has 5 heteroatoms. The molecule has 0 bridgehead atoms. The first kappa shape index (κ1) is 24.8. The summed E-state index contributed by atoms with van der Waals surface area (Å²) in [5.41, 5.74) is 3.31. The van der Waals surface area contributed by atoms with Crippen molar-refractivity contribution >= 4 is 11.6 Å². The lowest BCUT2D eigenvalue weighted by atomic mass is 9.77. The molecule has 0 aromatic heterocycles. The molecule has 180 valence electrons. The number of hydrogen-bond acceptors (Lipinski definition) is 0. The fourth-order valence-corrected chi connectivity index (χ4v) is 5.42.